The highest BCUT2D eigenvalue weighted by molar-refractivity contribution is 5.83. The average molecular weight is 323 g/mol. The SMILES string of the molecule is COC(=O)CC(NC(=O)C1CC12CCOCC2)C1CCCCC1. The van der Waals surface area contributed by atoms with Crippen LogP contribution < -0.4 is 5.32 Å². The van der Waals surface area contributed by atoms with Crippen LogP contribution in [0.15, 0.2) is 0 Å². The van der Waals surface area contributed by atoms with Crippen molar-refractivity contribution in [2.45, 2.75) is 63.8 Å². The quantitative estimate of drug-likeness (QED) is 0.789. The van der Waals surface area contributed by atoms with E-state index in [1.807, 2.05) is 0 Å². The molecule has 2 atom stereocenters. The minimum atomic E-state index is -0.225. The molecule has 2 aliphatic carbocycles. The lowest BCUT2D eigenvalue weighted by Crippen LogP contribution is -2.44. The second-order valence-corrected chi connectivity index (χ2v) is 7.52. The third kappa shape index (κ3) is 3.87. The van der Waals surface area contributed by atoms with Gasteiger partial charge in [0, 0.05) is 25.2 Å². The molecular formula is C18H29NO4. The molecule has 2 unspecified atom stereocenters. The van der Waals surface area contributed by atoms with Gasteiger partial charge in [-0.1, -0.05) is 19.3 Å². The van der Waals surface area contributed by atoms with Crippen molar-refractivity contribution in [3.05, 3.63) is 0 Å². The minimum absolute atomic E-state index is 0.0623. The van der Waals surface area contributed by atoms with Gasteiger partial charge >= 0.3 is 5.97 Å². The molecule has 1 spiro atoms. The monoisotopic (exact) mass is 323 g/mol. The van der Waals surface area contributed by atoms with Crippen LogP contribution in [0.25, 0.3) is 0 Å². The molecular weight excluding hydrogens is 294 g/mol. The maximum absolute atomic E-state index is 12.7. The van der Waals surface area contributed by atoms with Crippen LogP contribution in [0.1, 0.15) is 57.8 Å². The zero-order valence-electron chi connectivity index (χ0n) is 14.1. The Balaban J connectivity index is 1.58. The van der Waals surface area contributed by atoms with E-state index < -0.39 is 0 Å². The standard InChI is InChI=1S/C18H29NO4/c1-22-16(20)11-15(13-5-3-2-4-6-13)19-17(21)14-12-18(14)7-9-23-10-8-18/h13-15H,2-12H2,1H3,(H,19,21). The minimum Gasteiger partial charge on any atom is -0.469 e. The Hall–Kier alpha value is -1.10. The van der Waals surface area contributed by atoms with E-state index in [-0.39, 0.29) is 29.3 Å². The summed E-state index contributed by atoms with van der Waals surface area (Å²) in [6, 6.07) is -0.0623. The normalized spacial score (nSPS) is 28.1. The Bertz CT molecular complexity index is 438. The molecule has 3 aliphatic rings. The molecule has 0 aromatic heterocycles. The van der Waals surface area contributed by atoms with Gasteiger partial charge in [-0.25, -0.2) is 0 Å². The van der Waals surface area contributed by atoms with E-state index >= 15 is 0 Å². The molecule has 1 heterocycles. The number of rotatable bonds is 5. The predicted octanol–water partition coefficient (Wildman–Crippen LogP) is 2.43. The van der Waals surface area contributed by atoms with Crippen LogP contribution in [0.3, 0.4) is 0 Å². The number of carbonyl (C=O) groups is 2. The number of ether oxygens (including phenoxy) is 2. The second-order valence-electron chi connectivity index (χ2n) is 7.52. The highest BCUT2D eigenvalue weighted by atomic mass is 16.5. The smallest absolute Gasteiger partial charge is 0.307 e. The van der Waals surface area contributed by atoms with Crippen LogP contribution in [0, 0.1) is 17.3 Å². The second kappa shape index (κ2) is 7.20. The van der Waals surface area contributed by atoms with Gasteiger partial charge in [-0.15, -0.1) is 0 Å². The highest BCUT2D eigenvalue weighted by Gasteiger charge is 2.58. The van der Waals surface area contributed by atoms with Crippen molar-refractivity contribution in [1.82, 2.24) is 5.32 Å². The summed E-state index contributed by atoms with van der Waals surface area (Å²) in [6.45, 7) is 1.55. The molecule has 2 saturated carbocycles. The van der Waals surface area contributed by atoms with Gasteiger partial charge < -0.3 is 14.8 Å². The first kappa shape index (κ1) is 16.7. The summed E-state index contributed by atoms with van der Waals surface area (Å²) >= 11 is 0. The van der Waals surface area contributed by atoms with Crippen molar-refractivity contribution in [2.75, 3.05) is 20.3 Å². The van der Waals surface area contributed by atoms with Gasteiger partial charge in [0.2, 0.25) is 5.91 Å². The van der Waals surface area contributed by atoms with E-state index in [0.29, 0.717) is 12.3 Å². The van der Waals surface area contributed by atoms with Crippen molar-refractivity contribution < 1.29 is 19.1 Å². The van der Waals surface area contributed by atoms with Crippen molar-refractivity contribution in [2.24, 2.45) is 17.3 Å². The molecule has 23 heavy (non-hydrogen) atoms. The summed E-state index contributed by atoms with van der Waals surface area (Å²) in [5.74, 6) is 0.454. The van der Waals surface area contributed by atoms with Gasteiger partial charge in [0.15, 0.2) is 0 Å². The Labute approximate surface area is 138 Å². The molecule has 1 amide bonds. The maximum Gasteiger partial charge on any atom is 0.307 e. The van der Waals surface area contributed by atoms with Crippen molar-refractivity contribution in [3.63, 3.8) is 0 Å². The van der Waals surface area contributed by atoms with E-state index in [4.69, 9.17) is 9.47 Å². The summed E-state index contributed by atoms with van der Waals surface area (Å²) in [4.78, 5) is 24.4. The highest BCUT2D eigenvalue weighted by Crippen LogP contribution is 2.59. The number of nitrogens with one attached hydrogen (secondary N) is 1. The zero-order valence-corrected chi connectivity index (χ0v) is 14.1. The lowest BCUT2D eigenvalue weighted by atomic mass is 9.82. The summed E-state index contributed by atoms with van der Waals surface area (Å²) in [5, 5.41) is 3.20. The van der Waals surface area contributed by atoms with Crippen LogP contribution in [0.4, 0.5) is 0 Å². The van der Waals surface area contributed by atoms with E-state index in [9.17, 15) is 9.59 Å². The Morgan fingerprint density at radius 3 is 2.57 bits per heavy atom. The summed E-state index contributed by atoms with van der Waals surface area (Å²) in [6.07, 6.45) is 9.14. The maximum atomic E-state index is 12.7. The van der Waals surface area contributed by atoms with Crippen molar-refractivity contribution in [3.8, 4) is 0 Å². The molecule has 0 aromatic carbocycles. The Kier molecular flexibility index (Phi) is 5.24. The number of hydrogen-bond acceptors (Lipinski definition) is 4. The van der Waals surface area contributed by atoms with E-state index in [2.05, 4.69) is 5.32 Å². The topological polar surface area (TPSA) is 64.6 Å². The van der Waals surface area contributed by atoms with E-state index in [0.717, 1.165) is 45.3 Å². The zero-order chi connectivity index (χ0) is 16.3. The van der Waals surface area contributed by atoms with Gasteiger partial charge in [-0.05, 0) is 43.4 Å². The largest absolute Gasteiger partial charge is 0.469 e. The molecule has 1 aliphatic heterocycles. The van der Waals surface area contributed by atoms with Crippen LogP contribution >= 0.6 is 0 Å². The molecule has 3 fully saturated rings. The van der Waals surface area contributed by atoms with Gasteiger partial charge in [-0.2, -0.15) is 0 Å². The Morgan fingerprint density at radius 1 is 1.22 bits per heavy atom. The van der Waals surface area contributed by atoms with Crippen molar-refractivity contribution >= 4 is 11.9 Å². The van der Waals surface area contributed by atoms with E-state index in [1.165, 1.54) is 26.4 Å². The van der Waals surface area contributed by atoms with Crippen LogP contribution in [0.2, 0.25) is 0 Å². The number of esters is 1. The fourth-order valence-corrected chi connectivity index (χ4v) is 4.47. The fraction of sp³-hybridized carbons (Fsp3) is 0.889. The summed E-state index contributed by atoms with van der Waals surface area (Å²) in [7, 11) is 1.42. The first-order chi connectivity index (χ1) is 11.1. The number of amides is 1. The van der Waals surface area contributed by atoms with Crippen LogP contribution in [0.5, 0.6) is 0 Å². The summed E-state index contributed by atoms with van der Waals surface area (Å²) < 4.78 is 10.3. The van der Waals surface area contributed by atoms with Crippen molar-refractivity contribution in [1.29, 1.82) is 0 Å². The van der Waals surface area contributed by atoms with E-state index in [1.54, 1.807) is 0 Å². The molecule has 1 saturated heterocycles. The fourth-order valence-electron chi connectivity index (χ4n) is 4.47. The predicted molar refractivity (Wildman–Crippen MR) is 85.7 cm³/mol. The van der Waals surface area contributed by atoms with Gasteiger partial charge in [0.1, 0.15) is 0 Å². The lowest BCUT2D eigenvalue weighted by Gasteiger charge is -2.31. The van der Waals surface area contributed by atoms with Crippen LogP contribution in [-0.2, 0) is 19.1 Å². The number of carbonyl (C=O) groups excluding carboxylic acids is 2. The number of methoxy groups -OCH3 is 1. The molecule has 3 rings (SSSR count). The summed E-state index contributed by atoms with van der Waals surface area (Å²) in [5.41, 5.74) is 0.185. The molecule has 0 radical (unpaired) electrons. The third-order valence-electron chi connectivity index (χ3n) is 6.16. The van der Waals surface area contributed by atoms with Gasteiger partial charge in [0.05, 0.1) is 13.5 Å². The molecule has 1 N–H and O–H groups in total. The number of hydrogen-bond donors (Lipinski definition) is 1. The molecule has 0 bridgehead atoms. The Morgan fingerprint density at radius 2 is 1.91 bits per heavy atom. The van der Waals surface area contributed by atoms with Gasteiger partial charge in [-0.3, -0.25) is 9.59 Å². The first-order valence-electron chi connectivity index (χ1n) is 9.09. The first-order valence-corrected chi connectivity index (χ1v) is 9.09. The molecule has 5 heteroatoms. The third-order valence-corrected chi connectivity index (χ3v) is 6.16. The molecule has 5 nitrogen and oxygen atoms in total. The van der Waals surface area contributed by atoms with Crippen LogP contribution in [-0.4, -0.2) is 38.2 Å². The average Bonchev–Trinajstić information content (AvgIpc) is 3.28. The molecule has 130 valence electrons. The lowest BCUT2D eigenvalue weighted by molar-refractivity contribution is -0.141. The molecule has 0 aromatic rings. The van der Waals surface area contributed by atoms with Gasteiger partial charge in [0.25, 0.3) is 0 Å².